The Morgan fingerprint density at radius 3 is 3.08 bits per heavy atom. The van der Waals surface area contributed by atoms with Crippen LogP contribution in [0.5, 0.6) is 0 Å². The summed E-state index contributed by atoms with van der Waals surface area (Å²) in [5.74, 6) is 1.65. The van der Waals surface area contributed by atoms with Gasteiger partial charge in [-0.25, -0.2) is 0 Å². The van der Waals surface area contributed by atoms with Gasteiger partial charge in [-0.15, -0.1) is 11.8 Å². The van der Waals surface area contributed by atoms with Gasteiger partial charge in [0.15, 0.2) is 0 Å². The maximum absolute atomic E-state index is 5.93. The van der Waals surface area contributed by atoms with Crippen LogP contribution < -0.4 is 5.73 Å². The second-order valence-corrected chi connectivity index (χ2v) is 5.44. The van der Waals surface area contributed by atoms with Gasteiger partial charge >= 0.3 is 0 Å². The van der Waals surface area contributed by atoms with E-state index in [-0.39, 0.29) is 6.04 Å². The minimum atomic E-state index is 0.253. The molecule has 70 valence electrons. The fourth-order valence-electron chi connectivity index (χ4n) is 1.64. The Morgan fingerprint density at radius 2 is 2.38 bits per heavy atom. The normalized spacial score (nSPS) is 22.8. The van der Waals surface area contributed by atoms with E-state index in [9.17, 15) is 0 Å². The zero-order valence-corrected chi connectivity index (χ0v) is 9.86. The maximum Gasteiger partial charge on any atom is 0.0178 e. The second kappa shape index (κ2) is 3.64. The Labute approximate surface area is 91.2 Å². The predicted molar refractivity (Wildman–Crippen MR) is 61.3 cm³/mol. The number of halogens is 1. The zero-order chi connectivity index (χ0) is 9.42. The molecule has 0 saturated heterocycles. The molecule has 2 rings (SSSR count). The minimum Gasteiger partial charge on any atom is -0.327 e. The van der Waals surface area contributed by atoms with E-state index in [1.165, 1.54) is 10.5 Å². The molecule has 0 aromatic heterocycles. The van der Waals surface area contributed by atoms with Crippen molar-refractivity contribution in [2.45, 2.75) is 23.8 Å². The molecule has 2 unspecified atom stereocenters. The summed E-state index contributed by atoms with van der Waals surface area (Å²) in [4.78, 5) is 1.39. The minimum absolute atomic E-state index is 0.253. The average Bonchev–Trinajstić information content (AvgIpc) is 2.46. The van der Waals surface area contributed by atoms with E-state index in [0.29, 0.717) is 5.92 Å². The van der Waals surface area contributed by atoms with E-state index in [0.717, 1.165) is 10.2 Å². The third kappa shape index (κ3) is 1.78. The van der Waals surface area contributed by atoms with Gasteiger partial charge in [0.2, 0.25) is 0 Å². The number of rotatable bonds is 1. The molecule has 0 amide bonds. The summed E-state index contributed by atoms with van der Waals surface area (Å²) >= 11 is 5.40. The third-order valence-electron chi connectivity index (χ3n) is 2.42. The molecule has 0 bridgehead atoms. The van der Waals surface area contributed by atoms with Crippen LogP contribution in [0.25, 0.3) is 0 Å². The monoisotopic (exact) mass is 257 g/mol. The highest BCUT2D eigenvalue weighted by Crippen LogP contribution is 2.41. The highest BCUT2D eigenvalue weighted by atomic mass is 79.9. The molecule has 1 aromatic carbocycles. The summed E-state index contributed by atoms with van der Waals surface area (Å²) in [6.07, 6.45) is 0. The van der Waals surface area contributed by atoms with Crippen molar-refractivity contribution in [3.63, 3.8) is 0 Å². The first-order valence-electron chi connectivity index (χ1n) is 4.36. The molecule has 1 aromatic rings. The van der Waals surface area contributed by atoms with E-state index < -0.39 is 0 Å². The van der Waals surface area contributed by atoms with Crippen LogP contribution in [0.4, 0.5) is 0 Å². The van der Waals surface area contributed by atoms with Crippen molar-refractivity contribution in [2.24, 2.45) is 5.73 Å². The summed E-state index contributed by atoms with van der Waals surface area (Å²) < 4.78 is 1.15. The van der Waals surface area contributed by atoms with Gasteiger partial charge in [0.1, 0.15) is 0 Å². The smallest absolute Gasteiger partial charge is 0.0178 e. The summed E-state index contributed by atoms with van der Waals surface area (Å²) in [6.45, 7) is 2.08. The van der Waals surface area contributed by atoms with Crippen LogP contribution in [-0.4, -0.2) is 11.8 Å². The lowest BCUT2D eigenvalue weighted by atomic mass is 9.95. The fraction of sp³-hybridized carbons (Fsp3) is 0.400. The lowest BCUT2D eigenvalue weighted by Crippen LogP contribution is -2.24. The second-order valence-electron chi connectivity index (χ2n) is 3.46. The van der Waals surface area contributed by atoms with Crippen LogP contribution in [0, 0.1) is 0 Å². The lowest BCUT2D eigenvalue weighted by molar-refractivity contribution is 0.622. The Bertz CT molecular complexity index is 325. The van der Waals surface area contributed by atoms with E-state index in [1.54, 1.807) is 0 Å². The highest BCUT2D eigenvalue weighted by molar-refractivity contribution is 9.10. The number of hydrogen-bond donors (Lipinski definition) is 1. The van der Waals surface area contributed by atoms with Crippen molar-refractivity contribution in [3.8, 4) is 0 Å². The maximum atomic E-state index is 5.93. The van der Waals surface area contributed by atoms with E-state index in [4.69, 9.17) is 5.73 Å². The Morgan fingerprint density at radius 1 is 1.62 bits per heavy atom. The van der Waals surface area contributed by atoms with Gasteiger partial charge < -0.3 is 5.73 Å². The van der Waals surface area contributed by atoms with Gasteiger partial charge in [0.05, 0.1) is 0 Å². The topological polar surface area (TPSA) is 26.0 Å². The molecular formula is C10H12BrNS. The molecule has 1 heterocycles. The largest absolute Gasteiger partial charge is 0.327 e. The fourth-order valence-corrected chi connectivity index (χ4v) is 3.41. The van der Waals surface area contributed by atoms with Crippen molar-refractivity contribution in [2.75, 3.05) is 5.75 Å². The van der Waals surface area contributed by atoms with Crippen molar-refractivity contribution < 1.29 is 0 Å². The first-order valence-corrected chi connectivity index (χ1v) is 6.14. The summed E-state index contributed by atoms with van der Waals surface area (Å²) in [6, 6.07) is 6.72. The number of hydrogen-bond acceptors (Lipinski definition) is 2. The Kier molecular flexibility index (Phi) is 2.67. The van der Waals surface area contributed by atoms with Crippen LogP contribution in [0.2, 0.25) is 0 Å². The van der Waals surface area contributed by atoms with Crippen LogP contribution >= 0.6 is 27.7 Å². The van der Waals surface area contributed by atoms with Crippen LogP contribution in [0.3, 0.4) is 0 Å². The number of nitrogens with two attached hydrogens (primary N) is 1. The first kappa shape index (κ1) is 9.56. The lowest BCUT2D eigenvalue weighted by Gasteiger charge is -2.14. The molecule has 2 N–H and O–H groups in total. The molecule has 0 spiro atoms. The molecule has 0 saturated carbocycles. The van der Waals surface area contributed by atoms with E-state index in [1.807, 2.05) is 11.8 Å². The molecule has 13 heavy (non-hydrogen) atoms. The molecule has 0 aliphatic carbocycles. The number of benzene rings is 1. The van der Waals surface area contributed by atoms with E-state index >= 15 is 0 Å². The molecular weight excluding hydrogens is 246 g/mol. The van der Waals surface area contributed by atoms with Gasteiger partial charge in [-0.1, -0.05) is 15.9 Å². The van der Waals surface area contributed by atoms with Crippen molar-refractivity contribution in [3.05, 3.63) is 28.2 Å². The number of fused-ring (bicyclic) bond motifs is 1. The SMILES string of the molecule is CC(N)C1CSc2ccc(Br)cc21. The predicted octanol–water partition coefficient (Wildman–Crippen LogP) is 2.99. The highest BCUT2D eigenvalue weighted by Gasteiger charge is 2.25. The molecule has 0 radical (unpaired) electrons. The van der Waals surface area contributed by atoms with Gasteiger partial charge in [0.25, 0.3) is 0 Å². The van der Waals surface area contributed by atoms with Gasteiger partial charge in [-0.2, -0.15) is 0 Å². The van der Waals surface area contributed by atoms with Crippen LogP contribution in [0.1, 0.15) is 18.4 Å². The molecule has 1 aliphatic heterocycles. The standard InChI is InChI=1S/C10H12BrNS/c1-6(12)9-5-13-10-3-2-7(11)4-8(9)10/h2-4,6,9H,5,12H2,1H3. The quantitative estimate of drug-likeness (QED) is 0.838. The molecule has 1 aliphatic rings. The molecule has 2 atom stereocenters. The van der Waals surface area contributed by atoms with Crippen LogP contribution in [-0.2, 0) is 0 Å². The third-order valence-corrected chi connectivity index (χ3v) is 4.13. The summed E-state index contributed by atoms with van der Waals surface area (Å²) in [5.41, 5.74) is 7.35. The van der Waals surface area contributed by atoms with E-state index in [2.05, 4.69) is 41.1 Å². The van der Waals surface area contributed by atoms with Crippen molar-refractivity contribution in [1.82, 2.24) is 0 Å². The van der Waals surface area contributed by atoms with Crippen molar-refractivity contribution >= 4 is 27.7 Å². The van der Waals surface area contributed by atoms with Crippen molar-refractivity contribution in [1.29, 1.82) is 0 Å². The van der Waals surface area contributed by atoms with Crippen LogP contribution in [0.15, 0.2) is 27.6 Å². The van der Waals surface area contributed by atoms with Gasteiger partial charge in [-0.3, -0.25) is 0 Å². The van der Waals surface area contributed by atoms with Gasteiger partial charge in [-0.05, 0) is 30.7 Å². The Hall–Kier alpha value is 0.01000. The van der Waals surface area contributed by atoms with Gasteiger partial charge in [0, 0.05) is 27.1 Å². The average molecular weight is 258 g/mol. The molecule has 0 fully saturated rings. The summed E-state index contributed by atoms with van der Waals surface area (Å²) in [5, 5.41) is 0. The number of thioether (sulfide) groups is 1. The first-order chi connectivity index (χ1) is 6.18. The zero-order valence-electron chi connectivity index (χ0n) is 7.46. The molecule has 3 heteroatoms. The molecule has 1 nitrogen and oxygen atoms in total. The summed E-state index contributed by atoms with van der Waals surface area (Å²) in [7, 11) is 0. The Balaban J connectivity index is 2.40.